The monoisotopic (exact) mass is 456 g/mol. The van der Waals surface area contributed by atoms with E-state index in [4.69, 9.17) is 14.2 Å². The second-order valence-corrected chi connectivity index (χ2v) is 8.94. The molecule has 0 saturated carbocycles. The van der Waals surface area contributed by atoms with Crippen molar-refractivity contribution in [3.63, 3.8) is 0 Å². The van der Waals surface area contributed by atoms with Crippen LogP contribution in [0.2, 0.25) is 0 Å². The van der Waals surface area contributed by atoms with Gasteiger partial charge in [0.1, 0.15) is 6.61 Å². The molecule has 190 valence electrons. The van der Waals surface area contributed by atoms with Gasteiger partial charge >= 0.3 is 11.9 Å². The molecular weight excluding hydrogens is 404 g/mol. The predicted molar refractivity (Wildman–Crippen MR) is 132 cm³/mol. The first-order valence-electron chi connectivity index (χ1n) is 13.5. The summed E-state index contributed by atoms with van der Waals surface area (Å²) in [6, 6.07) is 0. The molecule has 0 unspecified atom stereocenters. The number of carbonyl (C=O) groups excluding carboxylic acids is 2. The molecule has 0 saturated heterocycles. The fourth-order valence-corrected chi connectivity index (χ4v) is 3.76. The lowest BCUT2D eigenvalue weighted by molar-refractivity contribution is -0.146. The maximum Gasteiger partial charge on any atom is 0.305 e. The summed E-state index contributed by atoms with van der Waals surface area (Å²) in [6.45, 7) is 3.50. The van der Waals surface area contributed by atoms with Crippen molar-refractivity contribution >= 4 is 11.9 Å². The lowest BCUT2D eigenvalue weighted by Gasteiger charge is -2.06. The van der Waals surface area contributed by atoms with Gasteiger partial charge < -0.3 is 14.2 Å². The highest BCUT2D eigenvalue weighted by Gasteiger charge is 2.06. The van der Waals surface area contributed by atoms with Gasteiger partial charge in [-0.2, -0.15) is 0 Å². The molecule has 0 atom stereocenters. The van der Waals surface area contributed by atoms with Crippen LogP contribution in [0.3, 0.4) is 0 Å². The number of rotatable bonds is 25. The number of unbranched alkanes of at least 4 members (excludes halogenated alkanes) is 16. The van der Waals surface area contributed by atoms with Gasteiger partial charge in [-0.25, -0.2) is 0 Å². The van der Waals surface area contributed by atoms with Crippen LogP contribution in [0.25, 0.3) is 0 Å². The number of hydrogen-bond acceptors (Lipinski definition) is 5. The van der Waals surface area contributed by atoms with Gasteiger partial charge in [0.15, 0.2) is 0 Å². The molecule has 0 spiro atoms. The standard InChI is InChI=1S/C27H52O5/c1-3-4-5-6-7-8-9-10-11-12-13-14-15-16-17-20-23-31-26(28)21-18-19-22-27(29)32-25-24-30-2/h3-25H2,1-2H3. The Morgan fingerprint density at radius 2 is 0.844 bits per heavy atom. The minimum absolute atomic E-state index is 0.154. The highest BCUT2D eigenvalue weighted by Crippen LogP contribution is 2.13. The maximum atomic E-state index is 11.7. The molecule has 32 heavy (non-hydrogen) atoms. The lowest BCUT2D eigenvalue weighted by Crippen LogP contribution is -2.10. The number of esters is 2. The summed E-state index contributed by atoms with van der Waals surface area (Å²) < 4.78 is 15.1. The third-order valence-corrected chi connectivity index (χ3v) is 5.82. The molecule has 0 radical (unpaired) electrons. The van der Waals surface area contributed by atoms with Crippen molar-refractivity contribution in [3.05, 3.63) is 0 Å². The summed E-state index contributed by atoms with van der Waals surface area (Å²) in [5.41, 5.74) is 0. The number of carbonyl (C=O) groups is 2. The van der Waals surface area contributed by atoms with Crippen LogP contribution < -0.4 is 0 Å². The van der Waals surface area contributed by atoms with E-state index < -0.39 is 0 Å². The smallest absolute Gasteiger partial charge is 0.305 e. The highest BCUT2D eigenvalue weighted by molar-refractivity contribution is 5.70. The molecule has 0 N–H and O–H groups in total. The molecule has 0 heterocycles. The third-order valence-electron chi connectivity index (χ3n) is 5.82. The zero-order valence-electron chi connectivity index (χ0n) is 21.3. The Morgan fingerprint density at radius 1 is 0.469 bits per heavy atom. The van der Waals surface area contributed by atoms with Crippen LogP contribution in [0.15, 0.2) is 0 Å². The van der Waals surface area contributed by atoms with Crippen LogP contribution in [-0.4, -0.2) is 38.9 Å². The highest BCUT2D eigenvalue weighted by atomic mass is 16.6. The number of ether oxygens (including phenoxy) is 3. The molecule has 0 aliphatic rings. The van der Waals surface area contributed by atoms with Crippen LogP contribution in [0.5, 0.6) is 0 Å². The Labute approximate surface area is 198 Å². The van der Waals surface area contributed by atoms with Gasteiger partial charge in [0.2, 0.25) is 0 Å². The molecule has 0 amide bonds. The zero-order valence-corrected chi connectivity index (χ0v) is 21.3. The largest absolute Gasteiger partial charge is 0.466 e. The molecule has 0 fully saturated rings. The van der Waals surface area contributed by atoms with E-state index in [-0.39, 0.29) is 18.5 Å². The molecular formula is C27H52O5. The van der Waals surface area contributed by atoms with E-state index in [2.05, 4.69) is 6.92 Å². The minimum atomic E-state index is -0.233. The molecule has 0 aromatic carbocycles. The van der Waals surface area contributed by atoms with Crippen molar-refractivity contribution < 1.29 is 23.8 Å². The van der Waals surface area contributed by atoms with E-state index in [1.165, 1.54) is 89.9 Å². The first-order valence-corrected chi connectivity index (χ1v) is 13.5. The Morgan fingerprint density at radius 3 is 1.25 bits per heavy atom. The molecule has 0 aliphatic carbocycles. The molecule has 5 nitrogen and oxygen atoms in total. The van der Waals surface area contributed by atoms with Gasteiger partial charge in [-0.05, 0) is 19.3 Å². The Kier molecular flexibility index (Phi) is 25.3. The van der Waals surface area contributed by atoms with E-state index >= 15 is 0 Å². The second kappa shape index (κ2) is 26.2. The van der Waals surface area contributed by atoms with Crippen molar-refractivity contribution in [2.24, 2.45) is 0 Å². The van der Waals surface area contributed by atoms with E-state index in [1.807, 2.05) is 0 Å². The third kappa shape index (κ3) is 25.2. The maximum absolute atomic E-state index is 11.7. The van der Waals surface area contributed by atoms with Gasteiger partial charge in [0, 0.05) is 20.0 Å². The van der Waals surface area contributed by atoms with Crippen LogP contribution in [-0.2, 0) is 23.8 Å². The van der Waals surface area contributed by atoms with Gasteiger partial charge in [-0.3, -0.25) is 9.59 Å². The van der Waals surface area contributed by atoms with E-state index in [0.29, 0.717) is 38.9 Å². The normalized spacial score (nSPS) is 10.9. The van der Waals surface area contributed by atoms with E-state index in [9.17, 15) is 9.59 Å². The predicted octanol–water partition coefficient (Wildman–Crippen LogP) is 7.54. The molecule has 0 rings (SSSR count). The van der Waals surface area contributed by atoms with Gasteiger partial charge in [-0.1, -0.05) is 103 Å². The first-order chi connectivity index (χ1) is 15.7. The molecule has 0 aromatic rings. The van der Waals surface area contributed by atoms with Gasteiger partial charge in [0.25, 0.3) is 0 Å². The van der Waals surface area contributed by atoms with Crippen molar-refractivity contribution in [1.29, 1.82) is 0 Å². The SMILES string of the molecule is CCCCCCCCCCCCCCCCCCOC(=O)CCCCC(=O)OCCOC. The summed E-state index contributed by atoms with van der Waals surface area (Å²) in [6.07, 6.45) is 23.5. The summed E-state index contributed by atoms with van der Waals surface area (Å²) in [5, 5.41) is 0. The average Bonchev–Trinajstić information content (AvgIpc) is 2.79. The average molecular weight is 457 g/mol. The van der Waals surface area contributed by atoms with Crippen LogP contribution >= 0.6 is 0 Å². The van der Waals surface area contributed by atoms with Crippen LogP contribution in [0.4, 0.5) is 0 Å². The molecule has 0 aromatic heterocycles. The Bertz CT molecular complexity index is 411. The molecule has 0 bridgehead atoms. The first kappa shape index (κ1) is 30.9. The fraction of sp³-hybridized carbons (Fsp3) is 0.926. The number of methoxy groups -OCH3 is 1. The molecule has 0 aliphatic heterocycles. The van der Waals surface area contributed by atoms with Crippen molar-refractivity contribution in [2.45, 2.75) is 135 Å². The lowest BCUT2D eigenvalue weighted by atomic mass is 10.0. The Balaban J connectivity index is 3.20. The summed E-state index contributed by atoms with van der Waals surface area (Å²) in [4.78, 5) is 23.1. The van der Waals surface area contributed by atoms with Gasteiger partial charge in [-0.15, -0.1) is 0 Å². The summed E-state index contributed by atoms with van der Waals surface area (Å²) in [5.74, 6) is -0.387. The van der Waals surface area contributed by atoms with Crippen molar-refractivity contribution in [2.75, 3.05) is 26.9 Å². The second-order valence-electron chi connectivity index (χ2n) is 8.94. The van der Waals surface area contributed by atoms with E-state index in [1.54, 1.807) is 7.11 Å². The summed E-state index contributed by atoms with van der Waals surface area (Å²) >= 11 is 0. The Hall–Kier alpha value is -1.10. The fourth-order valence-electron chi connectivity index (χ4n) is 3.76. The van der Waals surface area contributed by atoms with Crippen LogP contribution in [0, 0.1) is 0 Å². The zero-order chi connectivity index (χ0) is 23.5. The van der Waals surface area contributed by atoms with E-state index in [0.717, 1.165) is 12.8 Å². The number of hydrogen-bond donors (Lipinski definition) is 0. The van der Waals surface area contributed by atoms with Crippen molar-refractivity contribution in [1.82, 2.24) is 0 Å². The quantitative estimate of drug-likeness (QED) is 0.105. The minimum Gasteiger partial charge on any atom is -0.466 e. The molecule has 5 heteroatoms. The summed E-state index contributed by atoms with van der Waals surface area (Å²) in [7, 11) is 1.57. The van der Waals surface area contributed by atoms with Crippen molar-refractivity contribution in [3.8, 4) is 0 Å². The topological polar surface area (TPSA) is 61.8 Å². The van der Waals surface area contributed by atoms with Crippen LogP contribution in [0.1, 0.15) is 135 Å². The van der Waals surface area contributed by atoms with Gasteiger partial charge in [0.05, 0.1) is 13.2 Å².